The third-order valence-electron chi connectivity index (χ3n) is 4.78. The summed E-state index contributed by atoms with van der Waals surface area (Å²) in [6.45, 7) is 7.03. The van der Waals surface area contributed by atoms with E-state index in [4.69, 9.17) is 4.42 Å². The zero-order valence-electron chi connectivity index (χ0n) is 16.6. The van der Waals surface area contributed by atoms with E-state index >= 15 is 0 Å². The molecule has 0 aliphatic carbocycles. The number of nitrogens with zero attached hydrogens (tertiary/aromatic N) is 5. The SMILES string of the molecule is CCN(CC(=O)Nc1cc(-c2nccs2)nc(-c2ccc(C)o2)n1)N1CCCC1. The van der Waals surface area contributed by atoms with Gasteiger partial charge in [-0.2, -0.15) is 0 Å². The first-order valence-corrected chi connectivity index (χ1v) is 10.7. The van der Waals surface area contributed by atoms with Gasteiger partial charge in [0.05, 0.1) is 6.54 Å². The first-order valence-electron chi connectivity index (χ1n) is 9.78. The molecule has 9 heteroatoms. The van der Waals surface area contributed by atoms with Crippen LogP contribution >= 0.6 is 11.3 Å². The van der Waals surface area contributed by atoms with Crippen molar-refractivity contribution >= 4 is 23.1 Å². The summed E-state index contributed by atoms with van der Waals surface area (Å²) in [6, 6.07) is 5.44. The Morgan fingerprint density at radius 2 is 2.14 bits per heavy atom. The molecule has 0 saturated carbocycles. The van der Waals surface area contributed by atoms with Gasteiger partial charge in [0.1, 0.15) is 22.3 Å². The minimum absolute atomic E-state index is 0.107. The monoisotopic (exact) mass is 412 g/mol. The van der Waals surface area contributed by atoms with Crippen LogP contribution < -0.4 is 5.32 Å². The lowest BCUT2D eigenvalue weighted by Crippen LogP contribution is -2.44. The largest absolute Gasteiger partial charge is 0.458 e. The molecule has 0 bridgehead atoms. The lowest BCUT2D eigenvalue weighted by molar-refractivity contribution is -0.122. The molecule has 1 aliphatic heterocycles. The van der Waals surface area contributed by atoms with Gasteiger partial charge in [-0.05, 0) is 31.9 Å². The Balaban J connectivity index is 1.57. The van der Waals surface area contributed by atoms with Crippen molar-refractivity contribution in [2.24, 2.45) is 0 Å². The molecule has 1 N–H and O–H groups in total. The average molecular weight is 413 g/mol. The lowest BCUT2D eigenvalue weighted by atomic mass is 10.3. The number of nitrogens with one attached hydrogen (secondary N) is 1. The molecule has 8 nitrogen and oxygen atoms in total. The maximum Gasteiger partial charge on any atom is 0.241 e. The second-order valence-electron chi connectivity index (χ2n) is 6.90. The highest BCUT2D eigenvalue weighted by Crippen LogP contribution is 2.26. The second-order valence-corrected chi connectivity index (χ2v) is 7.79. The number of carbonyl (C=O) groups is 1. The molecule has 1 aliphatic rings. The van der Waals surface area contributed by atoms with Crippen LogP contribution in [0.1, 0.15) is 25.5 Å². The van der Waals surface area contributed by atoms with Crippen molar-refractivity contribution in [1.29, 1.82) is 0 Å². The molecule has 152 valence electrons. The number of hydrazine groups is 1. The first kappa shape index (κ1) is 19.7. The van der Waals surface area contributed by atoms with E-state index in [1.165, 1.54) is 24.2 Å². The summed E-state index contributed by atoms with van der Waals surface area (Å²) in [7, 11) is 0. The molecule has 1 saturated heterocycles. The van der Waals surface area contributed by atoms with Crippen LogP contribution in [0.4, 0.5) is 5.82 Å². The van der Waals surface area contributed by atoms with Gasteiger partial charge >= 0.3 is 0 Å². The van der Waals surface area contributed by atoms with Crippen molar-refractivity contribution in [1.82, 2.24) is 25.0 Å². The zero-order valence-corrected chi connectivity index (χ0v) is 17.4. The van der Waals surface area contributed by atoms with Crippen molar-refractivity contribution in [3.05, 3.63) is 35.5 Å². The van der Waals surface area contributed by atoms with Gasteiger partial charge in [-0.15, -0.1) is 11.3 Å². The number of furan rings is 1. The normalized spacial score (nSPS) is 14.6. The van der Waals surface area contributed by atoms with Gasteiger partial charge in [0, 0.05) is 37.3 Å². The third kappa shape index (κ3) is 4.69. The van der Waals surface area contributed by atoms with E-state index in [0.29, 0.717) is 29.6 Å². The van der Waals surface area contributed by atoms with Crippen molar-refractivity contribution in [3.63, 3.8) is 0 Å². The highest BCUT2D eigenvalue weighted by Gasteiger charge is 2.21. The van der Waals surface area contributed by atoms with Gasteiger partial charge in [0.25, 0.3) is 0 Å². The maximum absolute atomic E-state index is 12.7. The first-order chi connectivity index (χ1) is 14.1. The molecule has 1 fully saturated rings. The van der Waals surface area contributed by atoms with Gasteiger partial charge < -0.3 is 9.73 Å². The minimum atomic E-state index is -0.107. The van der Waals surface area contributed by atoms with Gasteiger partial charge in [-0.1, -0.05) is 6.92 Å². The summed E-state index contributed by atoms with van der Waals surface area (Å²) >= 11 is 1.48. The molecule has 29 heavy (non-hydrogen) atoms. The highest BCUT2D eigenvalue weighted by atomic mass is 32.1. The van der Waals surface area contributed by atoms with Gasteiger partial charge in [-0.25, -0.2) is 25.0 Å². The summed E-state index contributed by atoms with van der Waals surface area (Å²) in [4.78, 5) is 26.1. The number of hydrogen-bond donors (Lipinski definition) is 1. The van der Waals surface area contributed by atoms with E-state index in [9.17, 15) is 4.79 Å². The number of aryl methyl sites for hydroxylation is 1. The summed E-state index contributed by atoms with van der Waals surface area (Å²) in [5.74, 6) is 2.09. The van der Waals surface area contributed by atoms with E-state index in [2.05, 4.69) is 37.2 Å². The molecule has 0 spiro atoms. The van der Waals surface area contributed by atoms with Crippen LogP contribution in [0.3, 0.4) is 0 Å². The molecule has 0 atom stereocenters. The van der Waals surface area contributed by atoms with E-state index in [-0.39, 0.29) is 5.91 Å². The minimum Gasteiger partial charge on any atom is -0.458 e. The summed E-state index contributed by atoms with van der Waals surface area (Å²) < 4.78 is 5.68. The smallest absolute Gasteiger partial charge is 0.241 e. The Bertz CT molecular complexity index is 965. The van der Waals surface area contributed by atoms with Crippen molar-refractivity contribution in [3.8, 4) is 22.3 Å². The fourth-order valence-electron chi connectivity index (χ4n) is 3.38. The Labute approximate surface area is 173 Å². The molecule has 1 amide bonds. The molecular formula is C20H24N6O2S. The number of aromatic nitrogens is 3. The number of thiazole rings is 1. The van der Waals surface area contributed by atoms with E-state index < -0.39 is 0 Å². The standard InChI is InChI=1S/C20H24N6O2S/c1-3-25(26-9-4-5-10-26)13-18(27)23-17-12-15(20-21-8-11-29-20)22-19(24-17)16-7-6-14(2)28-16/h6-8,11-12H,3-5,9-10,13H2,1-2H3,(H,22,23,24,27). The molecule has 4 heterocycles. The number of rotatable bonds is 7. The second kappa shape index (κ2) is 8.81. The van der Waals surface area contributed by atoms with E-state index in [1.54, 1.807) is 12.3 Å². The maximum atomic E-state index is 12.7. The summed E-state index contributed by atoms with van der Waals surface area (Å²) in [5.41, 5.74) is 0.654. The van der Waals surface area contributed by atoms with Crippen LogP contribution in [0.25, 0.3) is 22.3 Å². The quantitative estimate of drug-likeness (QED) is 0.636. The molecule has 3 aromatic heterocycles. The molecule has 4 rings (SSSR count). The van der Waals surface area contributed by atoms with Crippen LogP contribution in [0, 0.1) is 6.92 Å². The predicted molar refractivity (Wildman–Crippen MR) is 112 cm³/mol. The predicted octanol–water partition coefficient (Wildman–Crippen LogP) is 3.44. The zero-order chi connectivity index (χ0) is 20.2. The molecule has 0 radical (unpaired) electrons. The van der Waals surface area contributed by atoms with Crippen LogP contribution in [0.5, 0.6) is 0 Å². The Morgan fingerprint density at radius 1 is 1.31 bits per heavy atom. The van der Waals surface area contributed by atoms with Crippen LogP contribution in [0.2, 0.25) is 0 Å². The Kier molecular flexibility index (Phi) is 5.98. The highest BCUT2D eigenvalue weighted by molar-refractivity contribution is 7.13. The van der Waals surface area contributed by atoms with Crippen LogP contribution in [-0.2, 0) is 4.79 Å². The van der Waals surface area contributed by atoms with Gasteiger partial charge in [0.2, 0.25) is 5.91 Å². The molecule has 3 aromatic rings. The van der Waals surface area contributed by atoms with Gasteiger partial charge in [0.15, 0.2) is 11.6 Å². The van der Waals surface area contributed by atoms with Crippen LogP contribution in [-0.4, -0.2) is 57.1 Å². The van der Waals surface area contributed by atoms with Crippen molar-refractivity contribution in [2.75, 3.05) is 31.5 Å². The number of amides is 1. The number of likely N-dealkylation sites (N-methyl/N-ethyl adjacent to an activating group) is 1. The fraction of sp³-hybridized carbons (Fsp3) is 0.400. The molecule has 0 unspecified atom stereocenters. The fourth-order valence-corrected chi connectivity index (χ4v) is 3.98. The number of carbonyl (C=O) groups excluding carboxylic acids is 1. The molecule has 0 aromatic carbocycles. The summed E-state index contributed by atoms with van der Waals surface area (Å²) in [6.07, 6.45) is 4.08. The number of hydrogen-bond acceptors (Lipinski definition) is 8. The van der Waals surface area contributed by atoms with E-state index in [1.807, 2.05) is 24.4 Å². The van der Waals surface area contributed by atoms with Crippen LogP contribution in [0.15, 0.2) is 34.2 Å². The molecular weight excluding hydrogens is 388 g/mol. The lowest BCUT2D eigenvalue weighted by Gasteiger charge is -2.29. The summed E-state index contributed by atoms with van der Waals surface area (Å²) in [5, 5.41) is 9.91. The van der Waals surface area contributed by atoms with Crippen molar-refractivity contribution < 1.29 is 9.21 Å². The number of anilines is 1. The van der Waals surface area contributed by atoms with E-state index in [0.717, 1.165) is 30.4 Å². The Morgan fingerprint density at radius 3 is 2.79 bits per heavy atom. The van der Waals surface area contributed by atoms with Crippen molar-refractivity contribution in [2.45, 2.75) is 26.7 Å². The average Bonchev–Trinajstić information content (AvgIpc) is 3.48. The van der Waals surface area contributed by atoms with Gasteiger partial charge in [-0.3, -0.25) is 4.79 Å². The third-order valence-corrected chi connectivity index (χ3v) is 5.58. The topological polar surface area (TPSA) is 87.4 Å². The Hall–Kier alpha value is -2.62.